The second kappa shape index (κ2) is 33.3. The zero-order chi connectivity index (χ0) is 80.8. The molecule has 10 fully saturated rings. The molecule has 5 aliphatic carbocycles. The van der Waals surface area contributed by atoms with Gasteiger partial charge in [-0.25, -0.2) is 4.79 Å². The van der Waals surface area contributed by atoms with Gasteiger partial charge in [0.2, 0.25) is 6.29 Å². The average Bonchev–Trinajstić information content (AvgIpc) is 0.668. The van der Waals surface area contributed by atoms with Crippen molar-refractivity contribution in [3.63, 3.8) is 0 Å². The van der Waals surface area contributed by atoms with Gasteiger partial charge in [0.05, 0.1) is 69.3 Å². The number of benzene rings is 1. The first-order valence-corrected chi connectivity index (χ1v) is 38.1. The average molecular weight is 1590 g/mol. The summed E-state index contributed by atoms with van der Waals surface area (Å²) in [6.07, 6.45) is -48.8. The lowest BCUT2D eigenvalue weighted by atomic mass is 9.33. The molecule has 12 rings (SSSR count). The van der Waals surface area contributed by atoms with Crippen molar-refractivity contribution < 1.29 is 178 Å². The van der Waals surface area contributed by atoms with E-state index in [2.05, 4.69) is 20.8 Å². The molecule has 1 aromatic carbocycles. The van der Waals surface area contributed by atoms with E-state index in [9.17, 15) is 107 Å². The van der Waals surface area contributed by atoms with Gasteiger partial charge >= 0.3 is 17.9 Å². The second-order valence-electron chi connectivity index (χ2n) is 33.8. The molecule has 6 heterocycles. The first kappa shape index (κ1) is 86.1. The Morgan fingerprint density at radius 2 is 1.05 bits per heavy atom. The van der Waals surface area contributed by atoms with E-state index >= 15 is 4.79 Å². The maximum absolute atomic E-state index is 16.1. The molecule has 4 saturated carbocycles. The van der Waals surface area contributed by atoms with Gasteiger partial charge in [-0.2, -0.15) is 0 Å². The van der Waals surface area contributed by atoms with Gasteiger partial charge in [0, 0.05) is 11.5 Å². The van der Waals surface area contributed by atoms with E-state index in [1.54, 1.807) is 24.3 Å². The molecule has 36 heteroatoms. The zero-order valence-corrected chi connectivity index (χ0v) is 63.0. The summed E-state index contributed by atoms with van der Waals surface area (Å²) in [6.45, 7) is 8.80. The molecule has 39 atom stereocenters. The summed E-state index contributed by atoms with van der Waals surface area (Å²) in [4.78, 5) is 43.8. The highest BCUT2D eigenvalue weighted by Gasteiger charge is 2.74. The van der Waals surface area contributed by atoms with Crippen molar-refractivity contribution in [2.45, 2.75) is 297 Å². The molecule has 0 amide bonds. The molecule has 0 aromatic heterocycles. The predicted octanol–water partition coefficient (Wildman–Crippen LogP) is -4.41. The standard InChI is InChI=1S/C75H112O36/c1-30-57(107-62-56(94)59(108-65-52(90)48(86)45(83)38(26-77)103-65)40(28-99-62)105-64-51(89)47(85)44(82)37(25-76)102-64)50(88)54(92)63(100-30)109-60-55(93)58(106-43(81)16-11-32-9-12-33(98-8)13-10-32)31(2)101-67(60)111-69(97)74-20-19-70(3,4)23-35(74)34-14-15-41-71(5)24-36(80)61(110-66-53(91)49(87)46(84)39(27-78)104-66)73(7,68(95)96)42(71)17-18-72(41,6)75(34,29-79)22-21-74/h9-14,16,30-31,35-42,44-67,76-80,82-94H,15,17-29H2,1-8H3,(H,95,96)/t30-,31+,35+,36+,37-,38-,39-,40-,41-,42-,44+,45-,46-,47+,48+,49+,50-,51-,52-,53-,54+,55-,56-,57-,58-,59+,60+,61+,62+,63-,64+,65+,66+,67-,71-,72-,73+,74+,75+/m1/s1. The second-order valence-corrected chi connectivity index (χ2v) is 33.8. The lowest BCUT2D eigenvalue weighted by molar-refractivity contribution is -0.391. The minimum Gasteiger partial charge on any atom is -0.497 e. The van der Waals surface area contributed by atoms with Crippen LogP contribution < -0.4 is 4.74 Å². The van der Waals surface area contributed by atoms with E-state index in [0.717, 1.165) is 11.6 Å². The van der Waals surface area contributed by atoms with Crippen molar-refractivity contribution in [2.24, 2.45) is 50.2 Å². The van der Waals surface area contributed by atoms with Gasteiger partial charge in [-0.1, -0.05) is 51.5 Å². The Hall–Kier alpha value is -4.25. The monoisotopic (exact) mass is 1590 g/mol. The van der Waals surface area contributed by atoms with Crippen LogP contribution in [-0.4, -0.2) is 345 Å². The van der Waals surface area contributed by atoms with Crippen LogP contribution >= 0.6 is 0 Å². The summed E-state index contributed by atoms with van der Waals surface area (Å²) in [5.74, 6) is -4.28. The summed E-state index contributed by atoms with van der Waals surface area (Å²) in [7, 11) is 1.49. The molecule has 111 heavy (non-hydrogen) atoms. The Labute approximate surface area is 639 Å². The van der Waals surface area contributed by atoms with Crippen LogP contribution in [-0.2, 0) is 76.0 Å². The highest BCUT2D eigenvalue weighted by molar-refractivity contribution is 5.87. The largest absolute Gasteiger partial charge is 0.497 e. The maximum atomic E-state index is 16.1. The molecule has 6 aliphatic heterocycles. The van der Waals surface area contributed by atoms with Crippen LogP contribution in [0.4, 0.5) is 0 Å². The third-order valence-electron chi connectivity index (χ3n) is 27.0. The fraction of sp³-hybridized carbons (Fsp3) is 0.827. The molecule has 11 aliphatic rings. The Bertz CT molecular complexity index is 3440. The molecular formula is C75H112O36. The highest BCUT2D eigenvalue weighted by Crippen LogP contribution is 2.76. The van der Waals surface area contributed by atoms with Crippen molar-refractivity contribution in [3.05, 3.63) is 47.6 Å². The van der Waals surface area contributed by atoms with Crippen LogP contribution in [0.3, 0.4) is 0 Å². The number of aliphatic hydroxyl groups is 18. The van der Waals surface area contributed by atoms with Crippen LogP contribution in [0.15, 0.2) is 42.0 Å². The van der Waals surface area contributed by atoms with Crippen molar-refractivity contribution in [2.75, 3.05) is 40.1 Å². The number of hydrogen-bond acceptors (Lipinski definition) is 35. The number of allylic oxidation sites excluding steroid dienone is 1. The van der Waals surface area contributed by atoms with E-state index < -0.39 is 292 Å². The number of esters is 2. The Balaban J connectivity index is 0.808. The fourth-order valence-corrected chi connectivity index (χ4v) is 20.5. The molecule has 0 bridgehead atoms. The number of carboxylic acids is 1. The molecule has 0 radical (unpaired) electrons. The number of hydrogen-bond donors (Lipinski definition) is 19. The zero-order valence-electron chi connectivity index (χ0n) is 63.0. The van der Waals surface area contributed by atoms with E-state index in [4.69, 9.17) is 66.3 Å². The number of aliphatic hydroxyl groups excluding tert-OH is 18. The van der Waals surface area contributed by atoms with Crippen molar-refractivity contribution in [1.82, 2.24) is 0 Å². The lowest BCUT2D eigenvalue weighted by Crippen LogP contribution is -2.71. The molecule has 19 N–H and O–H groups in total. The number of carboxylic acid groups (broad SMARTS) is 1. The minimum atomic E-state index is -2.18. The number of ether oxygens (including phenoxy) is 14. The van der Waals surface area contributed by atoms with Gasteiger partial charge < -0.3 is 163 Å². The topological polar surface area (TPSA) is 565 Å². The number of carbonyl (C=O) groups is 3. The van der Waals surface area contributed by atoms with Crippen LogP contribution in [0.5, 0.6) is 5.75 Å². The van der Waals surface area contributed by atoms with Crippen molar-refractivity contribution >= 4 is 24.0 Å². The molecule has 6 saturated heterocycles. The molecule has 628 valence electrons. The number of fused-ring (bicyclic) bond motifs is 7. The Morgan fingerprint density at radius 3 is 1.61 bits per heavy atom. The minimum absolute atomic E-state index is 0.0157. The van der Waals surface area contributed by atoms with Crippen molar-refractivity contribution in [1.29, 1.82) is 0 Å². The number of methoxy groups -OCH3 is 1. The van der Waals surface area contributed by atoms with Crippen LogP contribution in [0.25, 0.3) is 6.08 Å². The first-order valence-electron chi connectivity index (χ1n) is 38.1. The third-order valence-corrected chi connectivity index (χ3v) is 27.0. The SMILES string of the molecule is COc1ccc(C=CC(=O)O[C@H]2[C@@H](O)[C@H](O[C@H]3O[C@H](C)[C@@H](O[C@@H]4OC[C@@H](O[C@@H]5O[C@H](CO)[C@H](O)[C@H](O)[C@H]5O)[C@H](O[C@@H]5O[C@H](CO)[C@@H](O)[C@H](O)[C@H]5O)[C@H]4O)[C@H](O)[C@@H]3O)[C@@H](OC(=O)[C@]34CCC(C)(C)C[C@H]3C3=CC[C@@H]5[C@@]6(C)C[C@H](O)[C@H](O[C@@H]7O[C@H](CO)[C@@H](O)[C@H](O)[C@H]7O)[C@@](C)(C(=O)O)[C@@H]6CC[C@@]5(C)[C@]3(CO)CC4)O[C@H]2C)cc1. The smallest absolute Gasteiger partial charge is 0.331 e. The molecule has 1 aromatic rings. The van der Waals surface area contributed by atoms with Gasteiger partial charge in [-0.3, -0.25) is 9.59 Å². The normalized spacial score (nSPS) is 49.9. The summed E-state index contributed by atoms with van der Waals surface area (Å²) >= 11 is 0. The van der Waals surface area contributed by atoms with Crippen molar-refractivity contribution in [3.8, 4) is 5.75 Å². The van der Waals surface area contributed by atoms with Gasteiger partial charge in [-0.15, -0.1) is 0 Å². The molecule has 0 unspecified atom stereocenters. The number of carbonyl (C=O) groups excluding carboxylic acids is 2. The number of aliphatic carboxylic acids is 1. The first-order chi connectivity index (χ1) is 52.3. The quantitative estimate of drug-likeness (QED) is 0.0239. The van der Waals surface area contributed by atoms with Crippen LogP contribution in [0, 0.1) is 50.2 Å². The van der Waals surface area contributed by atoms with Gasteiger partial charge in [0.25, 0.3) is 0 Å². The highest BCUT2D eigenvalue weighted by atomic mass is 16.8. The summed E-state index contributed by atoms with van der Waals surface area (Å²) in [6, 6.07) is 6.68. The van der Waals surface area contributed by atoms with Gasteiger partial charge in [0.15, 0.2) is 43.7 Å². The Kier molecular flexibility index (Phi) is 25.8. The lowest BCUT2D eigenvalue weighted by Gasteiger charge is -2.71. The summed E-state index contributed by atoms with van der Waals surface area (Å²) in [5.41, 5.74) is -5.16. The molecular weight excluding hydrogens is 1480 g/mol. The van der Waals surface area contributed by atoms with Gasteiger partial charge in [-0.05, 0) is 136 Å². The fourth-order valence-electron chi connectivity index (χ4n) is 20.5. The van der Waals surface area contributed by atoms with E-state index in [0.29, 0.717) is 37.0 Å². The summed E-state index contributed by atoms with van der Waals surface area (Å²) in [5, 5.41) is 211. The number of rotatable bonds is 21. The predicted molar refractivity (Wildman–Crippen MR) is 370 cm³/mol. The Morgan fingerprint density at radius 1 is 0.523 bits per heavy atom. The van der Waals surface area contributed by atoms with Crippen LogP contribution in [0.1, 0.15) is 112 Å². The van der Waals surface area contributed by atoms with E-state index in [-0.39, 0.29) is 32.1 Å². The molecule has 36 nitrogen and oxygen atoms in total. The van der Waals surface area contributed by atoms with E-state index in [1.165, 1.54) is 34.0 Å². The van der Waals surface area contributed by atoms with E-state index in [1.807, 2.05) is 13.0 Å². The molecule has 0 spiro atoms. The van der Waals surface area contributed by atoms with Crippen LogP contribution in [0.2, 0.25) is 0 Å². The third kappa shape index (κ3) is 15.3. The maximum Gasteiger partial charge on any atom is 0.331 e. The van der Waals surface area contributed by atoms with Gasteiger partial charge in [0.1, 0.15) is 128 Å². The summed E-state index contributed by atoms with van der Waals surface area (Å²) < 4.78 is 83.8.